The molecule has 0 fully saturated rings. The zero-order valence-corrected chi connectivity index (χ0v) is 16.1. The Bertz CT molecular complexity index is 977. The number of pyridine rings is 1. The molecule has 6 heteroatoms. The van der Waals surface area contributed by atoms with Crippen molar-refractivity contribution in [1.82, 2.24) is 10.3 Å². The maximum Gasteiger partial charge on any atom is 0.263 e. The van der Waals surface area contributed by atoms with Gasteiger partial charge in [-0.1, -0.05) is 30.8 Å². The Balaban J connectivity index is 1.57. The first-order valence-electron chi connectivity index (χ1n) is 8.82. The largest absolute Gasteiger partial charge is 0.513 e. The summed E-state index contributed by atoms with van der Waals surface area (Å²) in [5, 5.41) is 12.9. The lowest BCUT2D eigenvalue weighted by Gasteiger charge is -2.06. The van der Waals surface area contributed by atoms with Crippen LogP contribution in [0.25, 0.3) is 10.2 Å². The highest BCUT2D eigenvalue weighted by Gasteiger charge is 2.16. The maximum absolute atomic E-state index is 12.5. The van der Waals surface area contributed by atoms with E-state index < -0.39 is 0 Å². The van der Waals surface area contributed by atoms with Crippen LogP contribution in [0.15, 0.2) is 48.7 Å². The zero-order chi connectivity index (χ0) is 19.4. The average molecular weight is 382 g/mol. The van der Waals surface area contributed by atoms with E-state index >= 15 is 0 Å². The van der Waals surface area contributed by atoms with E-state index in [-0.39, 0.29) is 11.7 Å². The van der Waals surface area contributed by atoms with Crippen molar-refractivity contribution < 1.29 is 9.90 Å². The van der Waals surface area contributed by atoms with Crippen molar-refractivity contribution in [3.8, 4) is 0 Å². The van der Waals surface area contributed by atoms with Gasteiger partial charge in [-0.05, 0) is 43.0 Å². The lowest BCUT2D eigenvalue weighted by atomic mass is 10.1. The molecule has 3 aromatic rings. The molecule has 0 atom stereocenters. The molecular formula is C21H23N3O2S. The Labute approximate surface area is 162 Å². The highest BCUT2D eigenvalue weighted by molar-refractivity contribution is 7.21. The fourth-order valence-electron chi connectivity index (χ4n) is 2.82. The number of amides is 1. The van der Waals surface area contributed by atoms with Gasteiger partial charge in [0.05, 0.1) is 11.4 Å². The Morgan fingerprint density at radius 2 is 1.85 bits per heavy atom. The van der Waals surface area contributed by atoms with E-state index in [1.165, 1.54) is 11.3 Å². The molecule has 140 valence electrons. The van der Waals surface area contributed by atoms with Crippen LogP contribution in [-0.4, -0.2) is 22.5 Å². The number of benzene rings is 1. The maximum atomic E-state index is 12.5. The van der Waals surface area contributed by atoms with E-state index in [9.17, 15) is 4.79 Å². The van der Waals surface area contributed by atoms with Crippen LogP contribution >= 0.6 is 11.3 Å². The van der Waals surface area contributed by atoms with Gasteiger partial charge in [0.1, 0.15) is 9.71 Å². The smallest absolute Gasteiger partial charge is 0.263 e. The molecular weight excluding hydrogens is 358 g/mol. The van der Waals surface area contributed by atoms with Gasteiger partial charge in [0.25, 0.3) is 5.91 Å². The van der Waals surface area contributed by atoms with Crippen LogP contribution in [0.3, 0.4) is 0 Å². The summed E-state index contributed by atoms with van der Waals surface area (Å²) in [5.41, 5.74) is 9.82. The van der Waals surface area contributed by atoms with Crippen LogP contribution in [0.2, 0.25) is 0 Å². The summed E-state index contributed by atoms with van der Waals surface area (Å²) in [6.45, 7) is 5.95. The predicted octanol–water partition coefficient (Wildman–Crippen LogP) is 4.16. The van der Waals surface area contributed by atoms with Gasteiger partial charge < -0.3 is 16.2 Å². The number of aliphatic hydroxyl groups excluding tert-OH is 1. The fourth-order valence-corrected chi connectivity index (χ4v) is 3.88. The van der Waals surface area contributed by atoms with Crippen LogP contribution in [0.4, 0.5) is 5.69 Å². The minimum atomic E-state index is -0.161. The number of rotatable bonds is 7. The van der Waals surface area contributed by atoms with Crippen molar-refractivity contribution in [2.24, 2.45) is 0 Å². The van der Waals surface area contributed by atoms with E-state index in [1.807, 2.05) is 43.3 Å². The number of aryl methyl sites for hydroxylation is 2. The number of fused-ring (bicyclic) bond motifs is 1. The van der Waals surface area contributed by atoms with Crippen LogP contribution in [0.5, 0.6) is 0 Å². The molecule has 27 heavy (non-hydrogen) atoms. The first kappa shape index (κ1) is 18.9. The molecule has 1 amide bonds. The first-order valence-corrected chi connectivity index (χ1v) is 9.64. The van der Waals surface area contributed by atoms with E-state index in [1.54, 1.807) is 0 Å². The molecule has 0 unspecified atom stereocenters. The second-order valence-electron chi connectivity index (χ2n) is 6.54. The lowest BCUT2D eigenvalue weighted by Crippen LogP contribution is -2.25. The molecule has 0 saturated carbocycles. The zero-order valence-electron chi connectivity index (χ0n) is 15.3. The van der Waals surface area contributed by atoms with Gasteiger partial charge >= 0.3 is 0 Å². The molecule has 0 aliphatic carbocycles. The van der Waals surface area contributed by atoms with Crippen LogP contribution in [0.1, 0.15) is 32.9 Å². The third kappa shape index (κ3) is 4.65. The van der Waals surface area contributed by atoms with Gasteiger partial charge in [0.15, 0.2) is 0 Å². The van der Waals surface area contributed by atoms with Gasteiger partial charge in [0, 0.05) is 24.0 Å². The Morgan fingerprint density at radius 3 is 2.52 bits per heavy atom. The number of nitrogens with one attached hydrogen (secondary N) is 1. The van der Waals surface area contributed by atoms with Gasteiger partial charge in [-0.15, -0.1) is 11.3 Å². The van der Waals surface area contributed by atoms with Gasteiger partial charge in [0.2, 0.25) is 0 Å². The number of anilines is 1. The number of nitrogens with zero attached hydrogens (tertiary/aromatic N) is 1. The summed E-state index contributed by atoms with van der Waals surface area (Å²) in [6, 6.07) is 12.0. The molecule has 0 aliphatic heterocycles. The molecule has 0 bridgehead atoms. The van der Waals surface area contributed by atoms with Crippen molar-refractivity contribution in [3.05, 3.63) is 70.4 Å². The Morgan fingerprint density at radius 1 is 1.19 bits per heavy atom. The summed E-state index contributed by atoms with van der Waals surface area (Å²) in [6.07, 6.45) is 2.08. The number of hydrogen-bond acceptors (Lipinski definition) is 5. The standard InChI is InChI=1S/C21H23N3O2S/c1-13-3-10-17-18(22)19(27-21(17)24-13)20(26)23-12-11-16-8-6-15(7-9-16)5-4-14(2)25/h3,6-10,25H,2,4-5,11-12,22H2,1H3,(H,23,26). The molecule has 0 spiro atoms. The molecule has 2 aromatic heterocycles. The summed E-state index contributed by atoms with van der Waals surface area (Å²) >= 11 is 1.33. The van der Waals surface area contributed by atoms with Crippen LogP contribution in [-0.2, 0) is 12.8 Å². The number of hydrogen-bond donors (Lipinski definition) is 3. The Kier molecular flexibility index (Phi) is 5.76. The number of thiophene rings is 1. The van der Waals surface area contributed by atoms with Crippen molar-refractivity contribution in [3.63, 3.8) is 0 Å². The molecule has 2 heterocycles. The number of carbonyl (C=O) groups excluding carboxylic acids is 1. The lowest BCUT2D eigenvalue weighted by molar-refractivity contribution is 0.0959. The summed E-state index contributed by atoms with van der Waals surface area (Å²) in [7, 11) is 0. The minimum Gasteiger partial charge on any atom is -0.513 e. The van der Waals surface area contributed by atoms with Crippen LogP contribution in [0, 0.1) is 6.92 Å². The normalized spacial score (nSPS) is 10.9. The van der Waals surface area contributed by atoms with Crippen molar-refractivity contribution in [2.45, 2.75) is 26.2 Å². The first-order chi connectivity index (χ1) is 12.9. The second-order valence-corrected chi connectivity index (χ2v) is 7.54. The van der Waals surface area contributed by atoms with Gasteiger partial charge in [-0.3, -0.25) is 4.79 Å². The molecule has 1 aromatic carbocycles. The number of nitrogens with two attached hydrogens (primary N) is 1. The second kappa shape index (κ2) is 8.22. The van der Waals surface area contributed by atoms with E-state index in [0.717, 1.165) is 39.9 Å². The van der Waals surface area contributed by atoms with Crippen molar-refractivity contribution in [2.75, 3.05) is 12.3 Å². The molecule has 0 radical (unpaired) electrons. The number of carbonyl (C=O) groups is 1. The van der Waals surface area contributed by atoms with E-state index in [2.05, 4.69) is 16.9 Å². The highest BCUT2D eigenvalue weighted by atomic mass is 32.1. The monoisotopic (exact) mass is 381 g/mol. The highest BCUT2D eigenvalue weighted by Crippen LogP contribution is 2.32. The number of nitrogen functional groups attached to an aromatic ring is 1. The Hall–Kier alpha value is -2.86. The predicted molar refractivity (Wildman–Crippen MR) is 111 cm³/mol. The minimum absolute atomic E-state index is 0.161. The van der Waals surface area contributed by atoms with Crippen molar-refractivity contribution in [1.29, 1.82) is 0 Å². The molecule has 0 saturated heterocycles. The summed E-state index contributed by atoms with van der Waals surface area (Å²) in [5.74, 6) is 0.0406. The molecule has 4 N–H and O–H groups in total. The third-order valence-electron chi connectivity index (χ3n) is 4.36. The third-order valence-corrected chi connectivity index (χ3v) is 5.48. The molecule has 3 rings (SSSR count). The topological polar surface area (TPSA) is 88.2 Å². The number of allylic oxidation sites excluding steroid dienone is 1. The van der Waals surface area contributed by atoms with Gasteiger partial charge in [-0.2, -0.15) is 0 Å². The van der Waals surface area contributed by atoms with Crippen LogP contribution < -0.4 is 11.1 Å². The molecule has 0 aliphatic rings. The molecule has 5 nitrogen and oxygen atoms in total. The summed E-state index contributed by atoms with van der Waals surface area (Å²) < 4.78 is 0. The fraction of sp³-hybridized carbons (Fsp3) is 0.238. The van der Waals surface area contributed by atoms with Crippen molar-refractivity contribution >= 4 is 33.1 Å². The number of aliphatic hydroxyl groups is 1. The van der Waals surface area contributed by atoms with Gasteiger partial charge in [-0.25, -0.2) is 4.98 Å². The summed E-state index contributed by atoms with van der Waals surface area (Å²) in [4.78, 5) is 18.2. The van der Waals surface area contributed by atoms with E-state index in [4.69, 9.17) is 10.8 Å². The SMILES string of the molecule is C=C(O)CCc1ccc(CCNC(=O)c2sc3nc(C)ccc3c2N)cc1. The quantitative estimate of drug-likeness (QED) is 0.536. The number of aromatic nitrogens is 1. The average Bonchev–Trinajstić information content (AvgIpc) is 2.97. The van der Waals surface area contributed by atoms with E-state index in [0.29, 0.717) is 23.5 Å².